The Hall–Kier alpha value is -2.80. The van der Waals surface area contributed by atoms with Crippen LogP contribution in [-0.4, -0.2) is 23.7 Å². The molecule has 1 N–H and O–H groups in total. The molecule has 0 saturated carbocycles. The number of benzene rings is 2. The summed E-state index contributed by atoms with van der Waals surface area (Å²) in [6.07, 6.45) is -0.114. The predicted octanol–water partition coefficient (Wildman–Crippen LogP) is 3.40. The van der Waals surface area contributed by atoms with Crippen LogP contribution in [0.3, 0.4) is 0 Å². The van der Waals surface area contributed by atoms with Crippen molar-refractivity contribution in [2.24, 2.45) is 7.05 Å². The van der Waals surface area contributed by atoms with Crippen LogP contribution in [-0.2, 0) is 11.8 Å². The second kappa shape index (κ2) is 7.61. The van der Waals surface area contributed by atoms with E-state index in [1.165, 1.54) is 0 Å². The summed E-state index contributed by atoms with van der Waals surface area (Å²) < 4.78 is 13.4. The number of fused-ring (bicyclic) bond motifs is 1. The number of carbonyl (C=O) groups excluding carboxylic acids is 1. The van der Waals surface area contributed by atoms with Gasteiger partial charge >= 0.3 is 4.87 Å². The number of amides is 1. The molecule has 2 aromatic carbocycles. The molecular weight excluding hydrogens is 352 g/mol. The first-order chi connectivity index (χ1) is 12.5. The fourth-order valence-corrected chi connectivity index (χ4v) is 3.51. The number of nitrogens with zero attached hydrogens (tertiary/aromatic N) is 1. The average molecular weight is 372 g/mol. The second-order valence-electron chi connectivity index (χ2n) is 5.79. The molecule has 0 fully saturated rings. The van der Waals surface area contributed by atoms with E-state index in [1.54, 1.807) is 43.0 Å². The molecule has 1 aromatic heterocycles. The molecule has 0 bridgehead atoms. The molecule has 3 rings (SSSR count). The van der Waals surface area contributed by atoms with Gasteiger partial charge in [-0.25, -0.2) is 0 Å². The van der Waals surface area contributed by atoms with Crippen LogP contribution in [0.5, 0.6) is 11.5 Å². The minimum atomic E-state index is -0.632. The van der Waals surface area contributed by atoms with Crippen LogP contribution in [0.4, 0.5) is 5.69 Å². The van der Waals surface area contributed by atoms with Crippen LogP contribution in [0.15, 0.2) is 47.3 Å². The van der Waals surface area contributed by atoms with E-state index >= 15 is 0 Å². The van der Waals surface area contributed by atoms with Gasteiger partial charge in [-0.3, -0.25) is 9.59 Å². The Bertz CT molecular complexity index is 993. The third kappa shape index (κ3) is 3.72. The maximum Gasteiger partial charge on any atom is 0.307 e. The molecule has 3 aromatic rings. The zero-order chi connectivity index (χ0) is 18.7. The number of carbonyl (C=O) groups is 1. The average Bonchev–Trinajstić information content (AvgIpc) is 2.93. The van der Waals surface area contributed by atoms with E-state index in [0.717, 1.165) is 21.6 Å². The van der Waals surface area contributed by atoms with Gasteiger partial charge in [0.25, 0.3) is 5.91 Å². The smallest absolute Gasteiger partial charge is 0.307 e. The summed E-state index contributed by atoms with van der Waals surface area (Å²) >= 11 is 1.15. The van der Waals surface area contributed by atoms with Crippen molar-refractivity contribution >= 4 is 33.1 Å². The standard InChI is InChI=1S/C19H20N2O4S/c1-4-16(25-14-7-5-6-13(11-14)24-3)18(22)20-12-8-9-15-17(10-12)26-19(23)21(15)2/h5-11,16H,4H2,1-3H3,(H,20,22). The monoisotopic (exact) mass is 372 g/mol. The second-order valence-corrected chi connectivity index (χ2v) is 6.79. The van der Waals surface area contributed by atoms with Crippen LogP contribution < -0.4 is 19.7 Å². The highest BCUT2D eigenvalue weighted by atomic mass is 32.1. The highest BCUT2D eigenvalue weighted by molar-refractivity contribution is 7.16. The molecule has 26 heavy (non-hydrogen) atoms. The molecule has 6 nitrogen and oxygen atoms in total. The Balaban J connectivity index is 1.75. The summed E-state index contributed by atoms with van der Waals surface area (Å²) in [5.41, 5.74) is 1.48. The fraction of sp³-hybridized carbons (Fsp3) is 0.263. The van der Waals surface area contributed by atoms with E-state index in [2.05, 4.69) is 5.32 Å². The quantitative estimate of drug-likeness (QED) is 0.720. The van der Waals surface area contributed by atoms with Crippen molar-refractivity contribution in [3.05, 3.63) is 52.1 Å². The molecule has 136 valence electrons. The van der Waals surface area contributed by atoms with Gasteiger partial charge in [0, 0.05) is 18.8 Å². The third-order valence-corrected chi connectivity index (χ3v) is 5.04. The number of nitrogens with one attached hydrogen (secondary N) is 1. The Morgan fingerprint density at radius 1 is 1.23 bits per heavy atom. The van der Waals surface area contributed by atoms with Crippen molar-refractivity contribution in [3.8, 4) is 11.5 Å². The first-order valence-electron chi connectivity index (χ1n) is 8.23. The fourth-order valence-electron chi connectivity index (χ4n) is 2.60. The van der Waals surface area contributed by atoms with Crippen molar-refractivity contribution in [1.29, 1.82) is 0 Å². The molecule has 0 aliphatic heterocycles. The lowest BCUT2D eigenvalue weighted by atomic mass is 10.2. The number of thiazole rings is 1. The summed E-state index contributed by atoms with van der Waals surface area (Å²) in [6, 6.07) is 12.6. The number of ether oxygens (including phenoxy) is 2. The zero-order valence-corrected chi connectivity index (χ0v) is 15.6. The zero-order valence-electron chi connectivity index (χ0n) is 14.8. The maximum absolute atomic E-state index is 12.6. The van der Waals surface area contributed by atoms with Gasteiger partial charge in [-0.05, 0) is 36.8 Å². The van der Waals surface area contributed by atoms with E-state index in [1.807, 2.05) is 25.1 Å². The SMILES string of the molecule is CCC(Oc1cccc(OC)c1)C(=O)Nc1ccc2c(c1)sc(=O)n2C. The van der Waals surface area contributed by atoms with Crippen LogP contribution in [0.2, 0.25) is 0 Å². The van der Waals surface area contributed by atoms with Crippen molar-refractivity contribution in [1.82, 2.24) is 4.57 Å². The Labute approximate surface area is 155 Å². The van der Waals surface area contributed by atoms with Crippen molar-refractivity contribution in [2.75, 3.05) is 12.4 Å². The first kappa shape index (κ1) is 18.0. The van der Waals surface area contributed by atoms with Crippen LogP contribution in [0, 0.1) is 0 Å². The Kier molecular flexibility index (Phi) is 5.27. The van der Waals surface area contributed by atoms with Gasteiger partial charge in [0.05, 0.1) is 17.3 Å². The number of hydrogen-bond donors (Lipinski definition) is 1. The number of anilines is 1. The topological polar surface area (TPSA) is 69.6 Å². The first-order valence-corrected chi connectivity index (χ1v) is 9.04. The van der Waals surface area contributed by atoms with E-state index in [-0.39, 0.29) is 10.8 Å². The van der Waals surface area contributed by atoms with Gasteiger partial charge in [0.15, 0.2) is 6.10 Å². The van der Waals surface area contributed by atoms with E-state index < -0.39 is 6.10 Å². The van der Waals surface area contributed by atoms with Gasteiger partial charge in [0.2, 0.25) is 0 Å². The summed E-state index contributed by atoms with van der Waals surface area (Å²) in [5.74, 6) is 1.00. The maximum atomic E-state index is 12.6. The lowest BCUT2D eigenvalue weighted by Gasteiger charge is -2.17. The highest BCUT2D eigenvalue weighted by Gasteiger charge is 2.19. The van der Waals surface area contributed by atoms with E-state index in [0.29, 0.717) is 23.6 Å². The molecule has 1 atom stereocenters. The van der Waals surface area contributed by atoms with Crippen molar-refractivity contribution < 1.29 is 14.3 Å². The van der Waals surface area contributed by atoms with Crippen molar-refractivity contribution in [3.63, 3.8) is 0 Å². The number of rotatable bonds is 6. The van der Waals surface area contributed by atoms with Crippen LogP contribution in [0.1, 0.15) is 13.3 Å². The number of aryl methyl sites for hydroxylation is 1. The van der Waals surface area contributed by atoms with Gasteiger partial charge in [-0.2, -0.15) is 0 Å². The lowest BCUT2D eigenvalue weighted by Crippen LogP contribution is -2.32. The summed E-state index contributed by atoms with van der Waals surface area (Å²) in [4.78, 5) is 24.3. The minimum absolute atomic E-state index is 0.0312. The summed E-state index contributed by atoms with van der Waals surface area (Å²) in [5, 5.41) is 2.86. The van der Waals surface area contributed by atoms with Gasteiger partial charge in [-0.1, -0.05) is 24.3 Å². The number of hydrogen-bond acceptors (Lipinski definition) is 5. The Morgan fingerprint density at radius 3 is 2.73 bits per heavy atom. The van der Waals surface area contributed by atoms with Crippen molar-refractivity contribution in [2.45, 2.75) is 19.4 Å². The molecule has 0 radical (unpaired) electrons. The molecule has 1 amide bonds. The molecule has 1 unspecified atom stereocenters. The lowest BCUT2D eigenvalue weighted by molar-refractivity contribution is -0.122. The summed E-state index contributed by atoms with van der Waals surface area (Å²) in [7, 11) is 3.31. The van der Waals surface area contributed by atoms with E-state index in [4.69, 9.17) is 9.47 Å². The number of methoxy groups -OCH3 is 1. The Morgan fingerprint density at radius 2 is 2.00 bits per heavy atom. The van der Waals surface area contributed by atoms with Gasteiger partial charge < -0.3 is 19.4 Å². The third-order valence-electron chi connectivity index (χ3n) is 4.04. The molecule has 0 aliphatic carbocycles. The van der Waals surface area contributed by atoms with Gasteiger partial charge in [0.1, 0.15) is 11.5 Å². The van der Waals surface area contributed by atoms with Crippen LogP contribution >= 0.6 is 11.3 Å². The molecule has 0 saturated heterocycles. The normalized spacial score (nSPS) is 12.0. The van der Waals surface area contributed by atoms with E-state index in [9.17, 15) is 9.59 Å². The molecule has 7 heteroatoms. The predicted molar refractivity (Wildman–Crippen MR) is 103 cm³/mol. The van der Waals surface area contributed by atoms with Crippen LogP contribution in [0.25, 0.3) is 10.2 Å². The minimum Gasteiger partial charge on any atom is -0.497 e. The largest absolute Gasteiger partial charge is 0.497 e. The molecule has 0 spiro atoms. The molecule has 0 aliphatic rings. The van der Waals surface area contributed by atoms with Gasteiger partial charge in [-0.15, -0.1) is 0 Å². The highest BCUT2D eigenvalue weighted by Crippen LogP contribution is 2.23. The molecule has 1 heterocycles. The number of aromatic nitrogens is 1. The summed E-state index contributed by atoms with van der Waals surface area (Å²) in [6.45, 7) is 1.89. The molecular formula is C19H20N2O4S.